The summed E-state index contributed by atoms with van der Waals surface area (Å²) in [6.45, 7) is 0.323. The second-order valence-electron chi connectivity index (χ2n) is 4.06. The van der Waals surface area contributed by atoms with Crippen molar-refractivity contribution in [1.82, 2.24) is 0 Å². The predicted molar refractivity (Wildman–Crippen MR) is 78.4 cm³/mol. The molecular weight excluding hydrogens is 294 g/mol. The summed E-state index contributed by atoms with van der Waals surface area (Å²) in [5.74, 6) is -0.457. The molecule has 1 aromatic carbocycles. The Hall–Kier alpha value is -2.67. The highest BCUT2D eigenvalue weighted by molar-refractivity contribution is 7.10. The van der Waals surface area contributed by atoms with Crippen LogP contribution < -0.4 is 4.74 Å². The van der Waals surface area contributed by atoms with Crippen LogP contribution in [-0.2, 0) is 11.4 Å². The lowest BCUT2D eigenvalue weighted by Gasteiger charge is -2.03. The number of carbonyl (C=O) groups is 1. The van der Waals surface area contributed by atoms with Gasteiger partial charge in [-0.1, -0.05) is 0 Å². The summed E-state index contributed by atoms with van der Waals surface area (Å²) in [6, 6.07) is 7.67. The maximum absolute atomic E-state index is 10.5. The van der Waals surface area contributed by atoms with Gasteiger partial charge in [0.1, 0.15) is 12.4 Å². The Morgan fingerprint density at radius 3 is 2.71 bits per heavy atom. The third kappa shape index (κ3) is 4.43. The Bertz CT molecular complexity index is 675. The number of hydrogen-bond acceptors (Lipinski definition) is 5. The molecule has 0 fully saturated rings. The molecule has 1 heterocycles. The standard InChI is InChI=1S/C14H11NO5S/c16-14(17)6-1-10-7-13(21-9-10)8-20-12-4-2-11(3-5-12)15(18)19/h1-7,9H,8H2,(H,16,17). The molecule has 0 aliphatic heterocycles. The summed E-state index contributed by atoms with van der Waals surface area (Å²) in [7, 11) is 0. The van der Waals surface area contributed by atoms with Crippen LogP contribution in [0.5, 0.6) is 5.75 Å². The van der Waals surface area contributed by atoms with Crippen LogP contribution in [0.2, 0.25) is 0 Å². The van der Waals surface area contributed by atoms with Crippen molar-refractivity contribution in [3.63, 3.8) is 0 Å². The number of rotatable bonds is 6. The normalized spacial score (nSPS) is 10.7. The van der Waals surface area contributed by atoms with Gasteiger partial charge in [-0.2, -0.15) is 0 Å². The summed E-state index contributed by atoms with van der Waals surface area (Å²) >= 11 is 1.45. The Morgan fingerprint density at radius 2 is 2.10 bits per heavy atom. The van der Waals surface area contributed by atoms with Crippen molar-refractivity contribution in [2.45, 2.75) is 6.61 Å². The van der Waals surface area contributed by atoms with Gasteiger partial charge in [0.15, 0.2) is 0 Å². The van der Waals surface area contributed by atoms with E-state index in [9.17, 15) is 14.9 Å². The molecular formula is C14H11NO5S. The molecule has 6 nitrogen and oxygen atoms in total. The third-order valence-corrected chi connectivity index (χ3v) is 3.45. The minimum atomic E-state index is -0.995. The lowest BCUT2D eigenvalue weighted by Crippen LogP contribution is -1.93. The van der Waals surface area contributed by atoms with Crippen LogP contribution in [0.1, 0.15) is 10.4 Å². The van der Waals surface area contributed by atoms with Gasteiger partial charge in [-0.05, 0) is 35.2 Å². The van der Waals surface area contributed by atoms with E-state index < -0.39 is 10.9 Å². The summed E-state index contributed by atoms with van der Waals surface area (Å²) in [4.78, 5) is 21.4. The van der Waals surface area contributed by atoms with Crippen molar-refractivity contribution in [3.05, 3.63) is 62.3 Å². The number of nitro groups is 1. The molecule has 0 amide bonds. The Balaban J connectivity index is 1.93. The van der Waals surface area contributed by atoms with Crippen LogP contribution in [0.4, 0.5) is 5.69 Å². The SMILES string of the molecule is O=C(O)C=Cc1csc(COc2ccc([N+](=O)[O-])cc2)c1. The molecule has 0 bridgehead atoms. The molecule has 0 spiro atoms. The first kappa shape index (κ1) is 14.7. The van der Waals surface area contributed by atoms with Crippen LogP contribution in [0, 0.1) is 10.1 Å². The molecule has 108 valence electrons. The van der Waals surface area contributed by atoms with Crippen LogP contribution in [0.15, 0.2) is 41.8 Å². The molecule has 2 aromatic rings. The average molecular weight is 305 g/mol. The monoisotopic (exact) mass is 305 g/mol. The number of aliphatic carboxylic acids is 1. The molecule has 0 aliphatic rings. The molecule has 0 atom stereocenters. The fraction of sp³-hybridized carbons (Fsp3) is 0.0714. The van der Waals surface area contributed by atoms with Crippen LogP contribution in [-0.4, -0.2) is 16.0 Å². The van der Waals surface area contributed by atoms with Gasteiger partial charge in [0.25, 0.3) is 5.69 Å². The van der Waals surface area contributed by atoms with E-state index in [-0.39, 0.29) is 5.69 Å². The number of nitrogens with zero attached hydrogens (tertiary/aromatic N) is 1. The Labute approximate surface area is 124 Å². The van der Waals surface area contributed by atoms with E-state index in [2.05, 4.69) is 0 Å². The van der Waals surface area contributed by atoms with Crippen molar-refractivity contribution < 1.29 is 19.6 Å². The van der Waals surface area contributed by atoms with Gasteiger partial charge in [0, 0.05) is 23.1 Å². The molecule has 0 saturated carbocycles. The van der Waals surface area contributed by atoms with Gasteiger partial charge in [-0.15, -0.1) is 11.3 Å². The zero-order valence-corrected chi connectivity index (χ0v) is 11.6. The zero-order chi connectivity index (χ0) is 15.2. The van der Waals surface area contributed by atoms with E-state index in [1.165, 1.54) is 41.7 Å². The summed E-state index contributed by atoms with van der Waals surface area (Å²) in [6.07, 6.45) is 2.58. The van der Waals surface area contributed by atoms with Gasteiger partial charge in [-0.3, -0.25) is 10.1 Å². The minimum absolute atomic E-state index is 0.0135. The van der Waals surface area contributed by atoms with Crippen molar-refractivity contribution in [1.29, 1.82) is 0 Å². The number of hydrogen-bond donors (Lipinski definition) is 1. The highest BCUT2D eigenvalue weighted by atomic mass is 32.1. The largest absolute Gasteiger partial charge is 0.488 e. The molecule has 21 heavy (non-hydrogen) atoms. The fourth-order valence-electron chi connectivity index (χ4n) is 1.55. The summed E-state index contributed by atoms with van der Waals surface area (Å²) < 4.78 is 5.51. The minimum Gasteiger partial charge on any atom is -0.488 e. The quantitative estimate of drug-likeness (QED) is 0.502. The smallest absolute Gasteiger partial charge is 0.328 e. The van der Waals surface area contributed by atoms with E-state index >= 15 is 0 Å². The van der Waals surface area contributed by atoms with Gasteiger partial charge in [0.05, 0.1) is 4.92 Å². The van der Waals surface area contributed by atoms with E-state index in [0.29, 0.717) is 12.4 Å². The third-order valence-electron chi connectivity index (χ3n) is 2.52. The number of ether oxygens (including phenoxy) is 1. The lowest BCUT2D eigenvalue weighted by molar-refractivity contribution is -0.384. The van der Waals surface area contributed by atoms with E-state index in [4.69, 9.17) is 9.84 Å². The van der Waals surface area contributed by atoms with Crippen molar-refractivity contribution in [2.75, 3.05) is 0 Å². The van der Waals surface area contributed by atoms with Gasteiger partial charge in [0.2, 0.25) is 0 Å². The topological polar surface area (TPSA) is 89.7 Å². The zero-order valence-electron chi connectivity index (χ0n) is 10.8. The molecule has 7 heteroatoms. The average Bonchev–Trinajstić information content (AvgIpc) is 2.91. The summed E-state index contributed by atoms with van der Waals surface area (Å²) in [5, 5.41) is 20.9. The first-order valence-electron chi connectivity index (χ1n) is 5.90. The fourth-order valence-corrected chi connectivity index (χ4v) is 2.31. The van der Waals surface area contributed by atoms with Crippen molar-refractivity contribution >= 4 is 29.1 Å². The first-order valence-corrected chi connectivity index (χ1v) is 6.78. The lowest BCUT2D eigenvalue weighted by atomic mass is 10.3. The highest BCUT2D eigenvalue weighted by Crippen LogP contribution is 2.21. The van der Waals surface area contributed by atoms with E-state index in [0.717, 1.165) is 16.5 Å². The Morgan fingerprint density at radius 1 is 1.38 bits per heavy atom. The number of benzene rings is 1. The van der Waals surface area contributed by atoms with Gasteiger partial charge < -0.3 is 9.84 Å². The predicted octanol–water partition coefficient (Wildman–Crippen LogP) is 3.33. The van der Waals surface area contributed by atoms with Gasteiger partial charge >= 0.3 is 5.97 Å². The molecule has 0 unspecified atom stereocenters. The molecule has 1 aromatic heterocycles. The van der Waals surface area contributed by atoms with Crippen molar-refractivity contribution in [2.24, 2.45) is 0 Å². The Kier molecular flexibility index (Phi) is 4.68. The second-order valence-corrected chi connectivity index (χ2v) is 5.05. The number of non-ortho nitro benzene ring substituents is 1. The maximum Gasteiger partial charge on any atom is 0.328 e. The van der Waals surface area contributed by atoms with Crippen LogP contribution in [0.25, 0.3) is 6.08 Å². The van der Waals surface area contributed by atoms with E-state index in [1.807, 2.05) is 11.4 Å². The van der Waals surface area contributed by atoms with E-state index in [1.54, 1.807) is 0 Å². The number of carboxylic acid groups (broad SMARTS) is 1. The molecule has 2 rings (SSSR count). The van der Waals surface area contributed by atoms with Crippen LogP contribution >= 0.6 is 11.3 Å². The summed E-state index contributed by atoms with van der Waals surface area (Å²) in [5.41, 5.74) is 0.810. The number of nitro benzene ring substituents is 1. The molecule has 0 aliphatic carbocycles. The second kappa shape index (κ2) is 6.67. The first-order chi connectivity index (χ1) is 10.0. The van der Waals surface area contributed by atoms with Crippen LogP contribution in [0.3, 0.4) is 0 Å². The van der Waals surface area contributed by atoms with Gasteiger partial charge in [-0.25, -0.2) is 4.79 Å². The highest BCUT2D eigenvalue weighted by Gasteiger charge is 2.05. The van der Waals surface area contributed by atoms with Crippen molar-refractivity contribution in [3.8, 4) is 5.75 Å². The molecule has 1 N–H and O–H groups in total. The molecule has 0 saturated heterocycles. The maximum atomic E-state index is 10.5. The molecule has 0 radical (unpaired) electrons. The number of thiophene rings is 1. The number of carboxylic acids is 1.